The number of hydrogen-bond donors (Lipinski definition) is 2. The lowest BCUT2D eigenvalue weighted by Crippen LogP contribution is -2.36. The van der Waals surface area contributed by atoms with E-state index in [0.29, 0.717) is 6.32 Å². The van der Waals surface area contributed by atoms with Gasteiger partial charge in [-0.1, -0.05) is 13.8 Å². The van der Waals surface area contributed by atoms with Crippen molar-refractivity contribution in [3.05, 3.63) is 0 Å². The van der Waals surface area contributed by atoms with E-state index in [2.05, 4.69) is 18.7 Å². The van der Waals surface area contributed by atoms with Gasteiger partial charge in [0.1, 0.15) is 0 Å². The Morgan fingerprint density at radius 2 is 1.87 bits per heavy atom. The van der Waals surface area contributed by atoms with Gasteiger partial charge in [0.15, 0.2) is 0 Å². The second kappa shape index (κ2) is 6.51. The van der Waals surface area contributed by atoms with Crippen molar-refractivity contribution in [1.82, 2.24) is 4.90 Å². The van der Waals surface area contributed by atoms with Crippen LogP contribution in [0.15, 0.2) is 0 Å². The molecular weight excluding hydrogens is 189 g/mol. The molecule has 2 N–H and O–H groups in total. The highest BCUT2D eigenvalue weighted by Gasteiger charge is 2.21. The van der Waals surface area contributed by atoms with Gasteiger partial charge < -0.3 is 14.9 Å². The lowest BCUT2D eigenvalue weighted by molar-refractivity contribution is 0.157. The summed E-state index contributed by atoms with van der Waals surface area (Å²) in [7, 11) is -1.13. The Hall–Kier alpha value is -0.0551. The Balaban J connectivity index is 2.09. The first kappa shape index (κ1) is 13.0. The van der Waals surface area contributed by atoms with E-state index < -0.39 is 7.12 Å². The zero-order chi connectivity index (χ0) is 11.3. The van der Waals surface area contributed by atoms with E-state index in [-0.39, 0.29) is 0 Å². The lowest BCUT2D eigenvalue weighted by atomic mass is 9.83. The molecule has 1 rings (SSSR count). The Morgan fingerprint density at radius 3 is 2.33 bits per heavy atom. The molecule has 15 heavy (non-hydrogen) atoms. The fourth-order valence-corrected chi connectivity index (χ4v) is 2.34. The second-order valence-corrected chi connectivity index (χ2v) is 5.05. The molecule has 0 amide bonds. The van der Waals surface area contributed by atoms with Gasteiger partial charge in [-0.05, 0) is 57.1 Å². The Kier molecular flexibility index (Phi) is 5.65. The fourth-order valence-electron chi connectivity index (χ4n) is 2.34. The molecule has 88 valence electrons. The molecule has 0 aliphatic carbocycles. The molecule has 1 aliphatic heterocycles. The van der Waals surface area contributed by atoms with Crippen molar-refractivity contribution in [2.75, 3.05) is 19.6 Å². The summed E-state index contributed by atoms with van der Waals surface area (Å²) in [5.74, 6) is 1.70. The molecule has 0 bridgehead atoms. The number of rotatable bonds is 5. The highest BCUT2D eigenvalue weighted by molar-refractivity contribution is 6.40. The van der Waals surface area contributed by atoms with E-state index in [1.165, 1.54) is 25.9 Å². The van der Waals surface area contributed by atoms with Crippen molar-refractivity contribution in [1.29, 1.82) is 0 Å². The molecule has 0 spiro atoms. The van der Waals surface area contributed by atoms with Crippen molar-refractivity contribution in [3.63, 3.8) is 0 Å². The van der Waals surface area contributed by atoms with Crippen molar-refractivity contribution in [3.8, 4) is 0 Å². The van der Waals surface area contributed by atoms with E-state index in [0.717, 1.165) is 24.8 Å². The van der Waals surface area contributed by atoms with Crippen LogP contribution in [-0.2, 0) is 0 Å². The third-order valence-electron chi connectivity index (χ3n) is 3.51. The third-order valence-corrected chi connectivity index (χ3v) is 3.51. The monoisotopic (exact) mass is 213 g/mol. The van der Waals surface area contributed by atoms with Crippen LogP contribution in [0.25, 0.3) is 0 Å². The molecule has 0 atom stereocenters. The zero-order valence-electron chi connectivity index (χ0n) is 10.0. The standard InChI is InChI=1S/C11H24BNO2/c1-10(2)11-4-8-13(9-5-11)7-3-6-12(14)15/h10-11,14-15H,3-9H2,1-2H3. The summed E-state index contributed by atoms with van der Waals surface area (Å²) in [6.07, 6.45) is 4.01. The second-order valence-electron chi connectivity index (χ2n) is 5.05. The van der Waals surface area contributed by atoms with Gasteiger partial charge in [-0.2, -0.15) is 0 Å². The van der Waals surface area contributed by atoms with Crippen molar-refractivity contribution < 1.29 is 10.0 Å². The molecule has 4 heteroatoms. The maximum absolute atomic E-state index is 8.73. The Bertz CT molecular complexity index is 165. The molecule has 1 heterocycles. The van der Waals surface area contributed by atoms with E-state index >= 15 is 0 Å². The summed E-state index contributed by atoms with van der Waals surface area (Å²) in [5.41, 5.74) is 0. The van der Waals surface area contributed by atoms with E-state index in [4.69, 9.17) is 10.0 Å². The van der Waals surface area contributed by atoms with Gasteiger partial charge in [0.2, 0.25) is 0 Å². The van der Waals surface area contributed by atoms with E-state index in [1.54, 1.807) is 0 Å². The van der Waals surface area contributed by atoms with Gasteiger partial charge >= 0.3 is 7.12 Å². The van der Waals surface area contributed by atoms with Gasteiger partial charge in [-0.25, -0.2) is 0 Å². The van der Waals surface area contributed by atoms with Crippen molar-refractivity contribution >= 4 is 7.12 Å². The molecule has 1 fully saturated rings. The van der Waals surface area contributed by atoms with Crippen LogP contribution in [0.2, 0.25) is 6.32 Å². The summed E-state index contributed by atoms with van der Waals surface area (Å²) in [4.78, 5) is 2.45. The summed E-state index contributed by atoms with van der Waals surface area (Å²) in [6, 6.07) is 0. The van der Waals surface area contributed by atoms with Crippen LogP contribution in [0.5, 0.6) is 0 Å². The van der Waals surface area contributed by atoms with Crippen LogP contribution in [0.1, 0.15) is 33.1 Å². The zero-order valence-corrected chi connectivity index (χ0v) is 10.0. The maximum Gasteiger partial charge on any atom is 0.451 e. The first-order valence-electron chi connectivity index (χ1n) is 6.18. The van der Waals surface area contributed by atoms with Gasteiger partial charge in [-0.3, -0.25) is 0 Å². The van der Waals surface area contributed by atoms with Crippen molar-refractivity contribution in [2.24, 2.45) is 11.8 Å². The van der Waals surface area contributed by atoms with Gasteiger partial charge in [0.05, 0.1) is 0 Å². The van der Waals surface area contributed by atoms with Gasteiger partial charge in [0, 0.05) is 0 Å². The largest absolute Gasteiger partial charge is 0.451 e. The van der Waals surface area contributed by atoms with Crippen LogP contribution >= 0.6 is 0 Å². The smallest absolute Gasteiger partial charge is 0.427 e. The fraction of sp³-hybridized carbons (Fsp3) is 1.00. The first-order chi connectivity index (χ1) is 7.09. The minimum atomic E-state index is -1.13. The molecule has 0 aromatic carbocycles. The van der Waals surface area contributed by atoms with Crippen LogP contribution in [0, 0.1) is 11.8 Å². The highest BCUT2D eigenvalue weighted by atomic mass is 16.4. The predicted molar refractivity (Wildman–Crippen MR) is 63.6 cm³/mol. The SMILES string of the molecule is CC(C)C1CCN(CCCB(O)O)CC1. The molecular formula is C11H24BNO2. The van der Waals surface area contributed by atoms with Gasteiger partial charge in [0.25, 0.3) is 0 Å². The number of hydrogen-bond acceptors (Lipinski definition) is 3. The lowest BCUT2D eigenvalue weighted by Gasteiger charge is -2.33. The molecule has 1 saturated heterocycles. The summed E-state index contributed by atoms with van der Waals surface area (Å²) in [5, 5.41) is 17.5. The molecule has 0 unspecified atom stereocenters. The minimum Gasteiger partial charge on any atom is -0.427 e. The van der Waals surface area contributed by atoms with Crippen LogP contribution in [0.3, 0.4) is 0 Å². The summed E-state index contributed by atoms with van der Waals surface area (Å²) < 4.78 is 0. The number of nitrogens with zero attached hydrogens (tertiary/aromatic N) is 1. The highest BCUT2D eigenvalue weighted by Crippen LogP contribution is 2.24. The van der Waals surface area contributed by atoms with Crippen molar-refractivity contribution in [2.45, 2.75) is 39.4 Å². The molecule has 3 nitrogen and oxygen atoms in total. The summed E-state index contributed by atoms with van der Waals surface area (Å²) >= 11 is 0. The van der Waals surface area contributed by atoms with Crippen LogP contribution in [0.4, 0.5) is 0 Å². The number of piperidine rings is 1. The van der Waals surface area contributed by atoms with Crippen LogP contribution < -0.4 is 0 Å². The maximum atomic E-state index is 8.73. The third kappa shape index (κ3) is 5.00. The average Bonchev–Trinajstić information content (AvgIpc) is 2.18. The average molecular weight is 213 g/mol. The molecule has 0 aromatic heterocycles. The normalized spacial score (nSPS) is 19.8. The Morgan fingerprint density at radius 1 is 1.27 bits per heavy atom. The number of likely N-dealkylation sites (tertiary alicyclic amines) is 1. The Labute approximate surface area is 93.6 Å². The van der Waals surface area contributed by atoms with E-state index in [9.17, 15) is 0 Å². The first-order valence-corrected chi connectivity index (χ1v) is 6.18. The molecule has 0 saturated carbocycles. The molecule has 1 aliphatic rings. The van der Waals surface area contributed by atoms with Gasteiger partial charge in [-0.15, -0.1) is 0 Å². The predicted octanol–water partition coefficient (Wildman–Crippen LogP) is 1.22. The minimum absolute atomic E-state index is 0.504. The molecule has 0 aromatic rings. The topological polar surface area (TPSA) is 43.7 Å². The van der Waals surface area contributed by atoms with Crippen LogP contribution in [-0.4, -0.2) is 41.7 Å². The molecule has 0 radical (unpaired) electrons. The summed E-state index contributed by atoms with van der Waals surface area (Å²) in [6.45, 7) is 8.00. The quantitative estimate of drug-likeness (QED) is 0.675. The van der Waals surface area contributed by atoms with E-state index in [1.807, 2.05) is 0 Å².